The van der Waals surface area contributed by atoms with Crippen molar-refractivity contribution in [3.8, 4) is 6.07 Å². The van der Waals surface area contributed by atoms with E-state index < -0.39 is 11.7 Å². The molecule has 2 rings (SSSR count). The molecule has 0 aliphatic heterocycles. The van der Waals surface area contributed by atoms with Gasteiger partial charge in [0.1, 0.15) is 12.4 Å². The highest BCUT2D eigenvalue weighted by molar-refractivity contribution is 5.59. The molecule has 0 aliphatic carbocycles. The molecule has 5 nitrogen and oxygen atoms in total. The first-order valence-corrected chi connectivity index (χ1v) is 6.10. The number of alkyl halides is 3. The Balaban J connectivity index is 2.05. The monoisotopic (exact) mass is 295 g/mol. The maximum absolute atomic E-state index is 12.6. The minimum atomic E-state index is -4.46. The first-order valence-electron chi connectivity index (χ1n) is 6.10. The molecule has 1 N–H and O–H groups in total. The molecular formula is C13H12F3N5. The van der Waals surface area contributed by atoms with Gasteiger partial charge in [-0.3, -0.25) is 4.68 Å². The lowest BCUT2D eigenvalue weighted by Gasteiger charge is -2.11. The number of nitriles is 1. The van der Waals surface area contributed by atoms with E-state index in [1.54, 1.807) is 24.1 Å². The smallest absolute Gasteiger partial charge is 0.384 e. The van der Waals surface area contributed by atoms with E-state index in [9.17, 15) is 13.2 Å². The molecular weight excluding hydrogens is 283 g/mol. The van der Waals surface area contributed by atoms with Gasteiger partial charge in [0.25, 0.3) is 0 Å². The minimum Gasteiger partial charge on any atom is -0.384 e. The predicted octanol–water partition coefficient (Wildman–Crippen LogP) is 2.36. The highest BCUT2D eigenvalue weighted by Crippen LogP contribution is 2.31. The lowest BCUT2D eigenvalue weighted by atomic mass is 10.1. The summed E-state index contributed by atoms with van der Waals surface area (Å²) in [5.41, 5.74) is -0.517. The fourth-order valence-electron chi connectivity index (χ4n) is 1.77. The maximum Gasteiger partial charge on any atom is 0.416 e. The van der Waals surface area contributed by atoms with Gasteiger partial charge in [-0.25, -0.2) is 4.98 Å². The summed E-state index contributed by atoms with van der Waals surface area (Å²) in [6.07, 6.45) is -2.39. The quantitative estimate of drug-likeness (QED) is 0.940. The van der Waals surface area contributed by atoms with Crippen LogP contribution in [-0.4, -0.2) is 21.3 Å². The summed E-state index contributed by atoms with van der Waals surface area (Å²) in [6, 6.07) is 4.80. The molecule has 0 saturated heterocycles. The van der Waals surface area contributed by atoms with E-state index >= 15 is 0 Å². The summed E-state index contributed by atoms with van der Waals surface area (Å²) < 4.78 is 39.3. The molecule has 0 saturated carbocycles. The van der Waals surface area contributed by atoms with Crippen molar-refractivity contribution in [2.75, 3.05) is 11.9 Å². The van der Waals surface area contributed by atoms with Crippen molar-refractivity contribution >= 4 is 5.69 Å². The van der Waals surface area contributed by atoms with Crippen molar-refractivity contribution in [2.45, 2.75) is 12.6 Å². The number of benzene rings is 1. The Morgan fingerprint density at radius 2 is 2.14 bits per heavy atom. The van der Waals surface area contributed by atoms with Crippen LogP contribution in [0.4, 0.5) is 18.9 Å². The molecule has 2 aromatic rings. The lowest BCUT2D eigenvalue weighted by Crippen LogP contribution is -2.10. The van der Waals surface area contributed by atoms with E-state index in [1.165, 1.54) is 6.07 Å². The van der Waals surface area contributed by atoms with Crippen LogP contribution < -0.4 is 5.32 Å². The number of anilines is 1. The van der Waals surface area contributed by atoms with Crippen LogP contribution in [0.2, 0.25) is 0 Å². The summed E-state index contributed by atoms with van der Waals surface area (Å²) in [5, 5.41) is 15.9. The molecule has 1 heterocycles. The van der Waals surface area contributed by atoms with Crippen LogP contribution in [-0.2, 0) is 19.6 Å². The molecule has 0 atom stereocenters. The topological polar surface area (TPSA) is 66.5 Å². The van der Waals surface area contributed by atoms with Crippen molar-refractivity contribution in [1.29, 1.82) is 5.26 Å². The van der Waals surface area contributed by atoms with Gasteiger partial charge in [-0.05, 0) is 18.2 Å². The van der Waals surface area contributed by atoms with Gasteiger partial charge in [0.15, 0.2) is 5.82 Å². The van der Waals surface area contributed by atoms with Gasteiger partial charge in [-0.1, -0.05) is 0 Å². The highest BCUT2D eigenvalue weighted by atomic mass is 19.4. The van der Waals surface area contributed by atoms with E-state index in [0.29, 0.717) is 24.5 Å². The van der Waals surface area contributed by atoms with Gasteiger partial charge < -0.3 is 5.32 Å². The summed E-state index contributed by atoms with van der Waals surface area (Å²) in [5.74, 6) is 0.621. The Morgan fingerprint density at radius 3 is 2.71 bits per heavy atom. The van der Waals surface area contributed by atoms with Crippen LogP contribution in [0, 0.1) is 11.3 Å². The largest absolute Gasteiger partial charge is 0.416 e. The van der Waals surface area contributed by atoms with E-state index in [0.717, 1.165) is 12.1 Å². The average Bonchev–Trinajstić information content (AvgIpc) is 2.83. The molecule has 1 aromatic heterocycles. The van der Waals surface area contributed by atoms with Crippen molar-refractivity contribution in [3.63, 3.8) is 0 Å². The second kappa shape index (κ2) is 5.83. The number of nitrogens with one attached hydrogen (secondary N) is 1. The van der Waals surface area contributed by atoms with Crippen LogP contribution >= 0.6 is 0 Å². The first-order chi connectivity index (χ1) is 9.90. The lowest BCUT2D eigenvalue weighted by molar-refractivity contribution is -0.137. The minimum absolute atomic E-state index is 0.0428. The molecule has 0 aliphatic rings. The highest BCUT2D eigenvalue weighted by Gasteiger charge is 2.31. The standard InChI is InChI=1S/C13H12F3N5/c1-21-8-19-12(20-21)4-5-18-11-3-2-10(13(14,15)16)6-9(11)7-17/h2-3,6,8,18H,4-5H2,1H3. The van der Waals surface area contributed by atoms with E-state index in [4.69, 9.17) is 5.26 Å². The van der Waals surface area contributed by atoms with Crippen LogP contribution in [0.3, 0.4) is 0 Å². The third-order valence-corrected chi connectivity index (χ3v) is 2.78. The number of rotatable bonds is 4. The second-order valence-corrected chi connectivity index (χ2v) is 4.38. The van der Waals surface area contributed by atoms with E-state index in [-0.39, 0.29) is 5.56 Å². The number of hydrogen-bond donors (Lipinski definition) is 1. The fourth-order valence-corrected chi connectivity index (χ4v) is 1.77. The summed E-state index contributed by atoms with van der Waals surface area (Å²) in [4.78, 5) is 4.03. The number of hydrogen-bond acceptors (Lipinski definition) is 4. The summed E-state index contributed by atoms with van der Waals surface area (Å²) in [7, 11) is 1.74. The number of halogens is 3. The maximum atomic E-state index is 12.6. The molecule has 0 radical (unpaired) electrons. The van der Waals surface area contributed by atoms with Crippen LogP contribution in [0.25, 0.3) is 0 Å². The van der Waals surface area contributed by atoms with Crippen LogP contribution in [0.1, 0.15) is 17.0 Å². The third kappa shape index (κ3) is 3.72. The van der Waals surface area contributed by atoms with Gasteiger partial charge in [0, 0.05) is 20.0 Å². The molecule has 0 bridgehead atoms. The average molecular weight is 295 g/mol. The number of aromatic nitrogens is 3. The molecule has 0 amide bonds. The Kier molecular flexibility index (Phi) is 4.12. The Labute approximate surface area is 119 Å². The van der Waals surface area contributed by atoms with Gasteiger partial charge >= 0.3 is 6.18 Å². The third-order valence-electron chi connectivity index (χ3n) is 2.78. The Hall–Kier alpha value is -2.56. The van der Waals surface area contributed by atoms with Crippen molar-refractivity contribution in [1.82, 2.24) is 14.8 Å². The first kappa shape index (κ1) is 14.8. The Morgan fingerprint density at radius 1 is 1.38 bits per heavy atom. The summed E-state index contributed by atoms with van der Waals surface area (Å²) >= 11 is 0. The normalized spacial score (nSPS) is 11.2. The molecule has 1 aromatic carbocycles. The van der Waals surface area contributed by atoms with Gasteiger partial charge in [-0.15, -0.1) is 0 Å². The van der Waals surface area contributed by atoms with Crippen molar-refractivity contribution < 1.29 is 13.2 Å². The van der Waals surface area contributed by atoms with Crippen molar-refractivity contribution in [3.05, 3.63) is 41.5 Å². The number of nitrogens with zero attached hydrogens (tertiary/aromatic N) is 4. The molecule has 21 heavy (non-hydrogen) atoms. The molecule has 0 spiro atoms. The van der Waals surface area contributed by atoms with Gasteiger partial charge in [-0.2, -0.15) is 23.5 Å². The predicted molar refractivity (Wildman–Crippen MR) is 69.4 cm³/mol. The molecule has 0 fully saturated rings. The SMILES string of the molecule is Cn1cnc(CCNc2ccc(C(F)(F)F)cc2C#N)n1. The molecule has 0 unspecified atom stereocenters. The van der Waals surface area contributed by atoms with Crippen LogP contribution in [0.5, 0.6) is 0 Å². The second-order valence-electron chi connectivity index (χ2n) is 4.38. The molecule has 110 valence electrons. The van der Waals surface area contributed by atoms with Crippen molar-refractivity contribution in [2.24, 2.45) is 7.05 Å². The zero-order valence-electron chi connectivity index (χ0n) is 11.1. The van der Waals surface area contributed by atoms with Crippen LogP contribution in [0.15, 0.2) is 24.5 Å². The summed E-state index contributed by atoms with van der Waals surface area (Å²) in [6.45, 7) is 0.421. The molecule has 8 heteroatoms. The number of aryl methyl sites for hydroxylation is 1. The Bertz CT molecular complexity index is 669. The van der Waals surface area contributed by atoms with E-state index in [1.807, 2.05) is 0 Å². The zero-order chi connectivity index (χ0) is 15.5. The fraction of sp³-hybridized carbons (Fsp3) is 0.308. The zero-order valence-corrected chi connectivity index (χ0v) is 11.1. The van der Waals surface area contributed by atoms with Gasteiger partial charge in [0.2, 0.25) is 0 Å². The van der Waals surface area contributed by atoms with Gasteiger partial charge in [0.05, 0.1) is 16.8 Å². The van der Waals surface area contributed by atoms with E-state index in [2.05, 4.69) is 15.4 Å².